The van der Waals surface area contributed by atoms with Crippen molar-refractivity contribution in [3.63, 3.8) is 0 Å². The highest BCUT2D eigenvalue weighted by molar-refractivity contribution is 5.39. The minimum atomic E-state index is -0.403. The van der Waals surface area contributed by atoms with E-state index in [1.165, 1.54) is 12.1 Å². The van der Waals surface area contributed by atoms with Crippen LogP contribution in [-0.2, 0) is 6.54 Å². The van der Waals surface area contributed by atoms with E-state index in [0.29, 0.717) is 6.54 Å². The average molecular weight is 243 g/mol. The number of hydrogen-bond acceptors (Lipinski definition) is 4. The van der Waals surface area contributed by atoms with Crippen LogP contribution in [0.3, 0.4) is 0 Å². The number of aryl methyl sites for hydroxylation is 1. The molecule has 0 aliphatic carbocycles. The Bertz CT molecular complexity index is 552. The third-order valence-electron chi connectivity index (χ3n) is 2.54. The maximum Gasteiger partial charge on any atom is 0.269 e. The second-order valence-electron chi connectivity index (χ2n) is 4.00. The number of nitrogens with one attached hydrogen (secondary N) is 1. The molecular formula is C13H13N3O2. The lowest BCUT2D eigenvalue weighted by Crippen LogP contribution is -2.01. The molecule has 0 bridgehead atoms. The zero-order chi connectivity index (χ0) is 13.0. The van der Waals surface area contributed by atoms with Gasteiger partial charge in [0.25, 0.3) is 5.69 Å². The van der Waals surface area contributed by atoms with Gasteiger partial charge in [-0.15, -0.1) is 0 Å². The predicted molar refractivity (Wildman–Crippen MR) is 69.4 cm³/mol. The maximum absolute atomic E-state index is 10.5. The molecule has 0 saturated heterocycles. The van der Waals surface area contributed by atoms with Crippen molar-refractivity contribution in [3.8, 4) is 0 Å². The minimum Gasteiger partial charge on any atom is -0.366 e. The Labute approximate surface area is 105 Å². The van der Waals surface area contributed by atoms with Gasteiger partial charge >= 0.3 is 0 Å². The summed E-state index contributed by atoms with van der Waals surface area (Å²) in [7, 11) is 0. The summed E-state index contributed by atoms with van der Waals surface area (Å²) in [6, 6.07) is 10.4. The first-order valence-corrected chi connectivity index (χ1v) is 5.55. The van der Waals surface area contributed by atoms with Gasteiger partial charge in [0.2, 0.25) is 0 Å². The summed E-state index contributed by atoms with van der Waals surface area (Å²) in [6.45, 7) is 2.59. The normalized spacial score (nSPS) is 10.1. The number of nitro benzene ring substituents is 1. The van der Waals surface area contributed by atoms with Crippen LogP contribution >= 0.6 is 0 Å². The van der Waals surface area contributed by atoms with Gasteiger partial charge in [0.1, 0.15) is 5.82 Å². The smallest absolute Gasteiger partial charge is 0.269 e. The van der Waals surface area contributed by atoms with Gasteiger partial charge in [0, 0.05) is 24.9 Å². The van der Waals surface area contributed by atoms with Crippen LogP contribution in [0, 0.1) is 17.0 Å². The van der Waals surface area contributed by atoms with E-state index in [2.05, 4.69) is 10.3 Å². The number of pyridine rings is 1. The zero-order valence-electron chi connectivity index (χ0n) is 9.96. The highest BCUT2D eigenvalue weighted by atomic mass is 16.6. The van der Waals surface area contributed by atoms with Gasteiger partial charge in [0.05, 0.1) is 4.92 Å². The van der Waals surface area contributed by atoms with Crippen LogP contribution in [0.2, 0.25) is 0 Å². The molecule has 0 saturated carbocycles. The standard InChI is InChI=1S/C13H13N3O2/c1-10-6-7-14-13(8-10)15-9-11-2-4-12(5-3-11)16(17)18/h2-8H,9H2,1H3,(H,14,15). The highest BCUT2D eigenvalue weighted by Crippen LogP contribution is 2.13. The molecule has 92 valence electrons. The summed E-state index contributed by atoms with van der Waals surface area (Å²) in [5.74, 6) is 0.799. The van der Waals surface area contributed by atoms with E-state index in [-0.39, 0.29) is 5.69 Å². The molecule has 1 heterocycles. The van der Waals surface area contributed by atoms with Gasteiger partial charge in [-0.2, -0.15) is 0 Å². The van der Waals surface area contributed by atoms with Gasteiger partial charge in [-0.25, -0.2) is 4.98 Å². The van der Waals surface area contributed by atoms with Crippen molar-refractivity contribution in [1.29, 1.82) is 0 Å². The lowest BCUT2D eigenvalue weighted by atomic mass is 10.2. The molecule has 0 atom stereocenters. The lowest BCUT2D eigenvalue weighted by Gasteiger charge is -2.05. The van der Waals surface area contributed by atoms with Crippen LogP contribution in [-0.4, -0.2) is 9.91 Å². The fraction of sp³-hybridized carbons (Fsp3) is 0.154. The van der Waals surface area contributed by atoms with E-state index in [4.69, 9.17) is 0 Å². The van der Waals surface area contributed by atoms with Crippen LogP contribution in [0.1, 0.15) is 11.1 Å². The number of non-ortho nitro benzene ring substituents is 1. The van der Waals surface area contributed by atoms with Crippen LogP contribution in [0.25, 0.3) is 0 Å². The van der Waals surface area contributed by atoms with Crippen molar-refractivity contribution in [2.24, 2.45) is 0 Å². The van der Waals surface area contributed by atoms with Crippen molar-refractivity contribution >= 4 is 11.5 Å². The fourth-order valence-electron chi connectivity index (χ4n) is 1.56. The molecule has 5 nitrogen and oxygen atoms in total. The summed E-state index contributed by atoms with van der Waals surface area (Å²) in [5, 5.41) is 13.7. The number of nitro groups is 1. The minimum absolute atomic E-state index is 0.104. The van der Waals surface area contributed by atoms with Gasteiger partial charge < -0.3 is 5.32 Å². The number of anilines is 1. The van der Waals surface area contributed by atoms with E-state index in [0.717, 1.165) is 16.9 Å². The molecule has 1 N–H and O–H groups in total. The van der Waals surface area contributed by atoms with Gasteiger partial charge in [-0.1, -0.05) is 12.1 Å². The van der Waals surface area contributed by atoms with E-state index in [1.54, 1.807) is 18.3 Å². The summed E-state index contributed by atoms with van der Waals surface area (Å²) in [4.78, 5) is 14.3. The van der Waals surface area contributed by atoms with Crippen LogP contribution in [0.15, 0.2) is 42.6 Å². The van der Waals surface area contributed by atoms with Crippen molar-refractivity contribution in [1.82, 2.24) is 4.98 Å². The highest BCUT2D eigenvalue weighted by Gasteiger charge is 2.03. The van der Waals surface area contributed by atoms with Gasteiger partial charge in [-0.05, 0) is 30.2 Å². The summed E-state index contributed by atoms with van der Waals surface area (Å²) in [6.07, 6.45) is 1.74. The first kappa shape index (κ1) is 12.0. The Hall–Kier alpha value is -2.43. The van der Waals surface area contributed by atoms with Gasteiger partial charge in [0.15, 0.2) is 0 Å². The molecule has 0 aliphatic rings. The number of rotatable bonds is 4. The molecule has 5 heteroatoms. The summed E-state index contributed by atoms with van der Waals surface area (Å²) < 4.78 is 0. The fourth-order valence-corrected chi connectivity index (χ4v) is 1.56. The SMILES string of the molecule is Cc1ccnc(NCc2ccc([N+](=O)[O-])cc2)c1. The van der Waals surface area contributed by atoms with Crippen LogP contribution < -0.4 is 5.32 Å². The largest absolute Gasteiger partial charge is 0.366 e. The van der Waals surface area contributed by atoms with Crippen molar-refractivity contribution < 1.29 is 4.92 Å². The Balaban J connectivity index is 2.00. The molecule has 0 radical (unpaired) electrons. The molecule has 1 aromatic carbocycles. The van der Waals surface area contributed by atoms with E-state index >= 15 is 0 Å². The third-order valence-corrected chi connectivity index (χ3v) is 2.54. The quantitative estimate of drug-likeness (QED) is 0.662. The molecule has 0 amide bonds. The maximum atomic E-state index is 10.5. The van der Waals surface area contributed by atoms with E-state index < -0.39 is 4.92 Å². The second kappa shape index (κ2) is 5.27. The monoisotopic (exact) mass is 243 g/mol. The number of benzene rings is 1. The van der Waals surface area contributed by atoms with Crippen molar-refractivity contribution in [2.45, 2.75) is 13.5 Å². The lowest BCUT2D eigenvalue weighted by molar-refractivity contribution is -0.384. The summed E-state index contributed by atoms with van der Waals surface area (Å²) >= 11 is 0. The Morgan fingerprint density at radius 1 is 1.28 bits per heavy atom. The molecular weight excluding hydrogens is 230 g/mol. The topological polar surface area (TPSA) is 68.1 Å². The molecule has 18 heavy (non-hydrogen) atoms. The molecule has 0 fully saturated rings. The van der Waals surface area contributed by atoms with Crippen LogP contribution in [0.4, 0.5) is 11.5 Å². The van der Waals surface area contributed by atoms with Crippen molar-refractivity contribution in [2.75, 3.05) is 5.32 Å². The van der Waals surface area contributed by atoms with Gasteiger partial charge in [-0.3, -0.25) is 10.1 Å². The molecule has 2 rings (SSSR count). The zero-order valence-corrected chi connectivity index (χ0v) is 9.96. The third kappa shape index (κ3) is 3.04. The first-order valence-electron chi connectivity index (χ1n) is 5.55. The Morgan fingerprint density at radius 3 is 2.61 bits per heavy atom. The first-order chi connectivity index (χ1) is 8.65. The molecule has 0 spiro atoms. The number of hydrogen-bond donors (Lipinski definition) is 1. The second-order valence-corrected chi connectivity index (χ2v) is 4.00. The Kier molecular flexibility index (Phi) is 3.52. The summed E-state index contributed by atoms with van der Waals surface area (Å²) in [5.41, 5.74) is 2.22. The van der Waals surface area contributed by atoms with Crippen molar-refractivity contribution in [3.05, 3.63) is 63.8 Å². The predicted octanol–water partition coefficient (Wildman–Crippen LogP) is 2.91. The van der Waals surface area contributed by atoms with E-state index in [9.17, 15) is 10.1 Å². The average Bonchev–Trinajstić information content (AvgIpc) is 2.37. The number of nitrogens with zero attached hydrogens (tertiary/aromatic N) is 2. The molecule has 2 aromatic rings. The number of aromatic nitrogens is 1. The molecule has 1 aromatic heterocycles. The van der Waals surface area contributed by atoms with E-state index in [1.807, 2.05) is 19.1 Å². The van der Waals surface area contributed by atoms with Crippen LogP contribution in [0.5, 0.6) is 0 Å². The molecule has 0 aliphatic heterocycles. The molecule has 0 unspecified atom stereocenters. The Morgan fingerprint density at radius 2 is 2.00 bits per heavy atom.